The van der Waals surface area contributed by atoms with Gasteiger partial charge in [0.05, 0.1) is 11.1 Å². The van der Waals surface area contributed by atoms with Crippen LogP contribution in [-0.4, -0.2) is 47.8 Å². The van der Waals surface area contributed by atoms with Crippen molar-refractivity contribution in [2.75, 3.05) is 20.3 Å². The van der Waals surface area contributed by atoms with Gasteiger partial charge >= 0.3 is 5.97 Å². The highest BCUT2D eigenvalue weighted by atomic mass is 79.9. The Balaban J connectivity index is 1.89. The summed E-state index contributed by atoms with van der Waals surface area (Å²) in [6.07, 6.45) is 4.16. The Morgan fingerprint density at radius 3 is 2.19 bits per heavy atom. The van der Waals surface area contributed by atoms with Crippen LogP contribution in [0, 0.1) is 0 Å². The molecule has 0 fully saturated rings. The molecule has 0 saturated carbocycles. The Kier molecular flexibility index (Phi) is 6.42. The molecule has 1 aromatic carbocycles. The molecule has 1 aromatic rings. The molecular formula is C24H26BrNO6. The van der Waals surface area contributed by atoms with Gasteiger partial charge in [0.25, 0.3) is 0 Å². The van der Waals surface area contributed by atoms with E-state index in [0.29, 0.717) is 46.6 Å². The Morgan fingerprint density at radius 1 is 1.06 bits per heavy atom. The van der Waals surface area contributed by atoms with E-state index in [-0.39, 0.29) is 11.6 Å². The van der Waals surface area contributed by atoms with E-state index in [2.05, 4.69) is 20.8 Å². The number of carboxylic acids is 1. The van der Waals surface area contributed by atoms with Gasteiger partial charge in [-0.1, -0.05) is 0 Å². The molecule has 1 heterocycles. The molecule has 170 valence electrons. The van der Waals surface area contributed by atoms with Gasteiger partial charge < -0.3 is 19.5 Å². The van der Waals surface area contributed by atoms with Gasteiger partial charge in [-0.2, -0.15) is 0 Å². The third-order valence-corrected chi connectivity index (χ3v) is 6.84. The number of ether oxygens (including phenoxy) is 2. The quantitative estimate of drug-likeness (QED) is 0.616. The van der Waals surface area contributed by atoms with Crippen LogP contribution in [0.1, 0.15) is 56.9 Å². The molecule has 3 aliphatic rings. The number of Topliss-reactive ketones (excluding diaryl/α,β-unsaturated/α-hetero) is 2. The lowest BCUT2D eigenvalue weighted by molar-refractivity contribution is -0.139. The molecule has 0 spiro atoms. The van der Waals surface area contributed by atoms with Crippen LogP contribution in [-0.2, 0) is 14.4 Å². The number of allylic oxidation sites excluding steroid dienone is 4. The molecule has 7 nitrogen and oxygen atoms in total. The van der Waals surface area contributed by atoms with E-state index in [1.54, 1.807) is 6.07 Å². The smallest absolute Gasteiger partial charge is 0.341 e. The predicted molar refractivity (Wildman–Crippen MR) is 121 cm³/mol. The fourth-order valence-corrected chi connectivity index (χ4v) is 5.55. The predicted octanol–water partition coefficient (Wildman–Crippen LogP) is 4.35. The average Bonchev–Trinajstić information content (AvgIpc) is 2.74. The number of halogens is 1. The van der Waals surface area contributed by atoms with Gasteiger partial charge in [-0.3, -0.25) is 9.59 Å². The van der Waals surface area contributed by atoms with Gasteiger partial charge in [-0.25, -0.2) is 4.79 Å². The molecular weight excluding hydrogens is 478 g/mol. The monoisotopic (exact) mass is 503 g/mol. The highest BCUT2D eigenvalue weighted by Gasteiger charge is 2.42. The highest BCUT2D eigenvalue weighted by molar-refractivity contribution is 9.10. The van der Waals surface area contributed by atoms with Crippen molar-refractivity contribution < 1.29 is 29.0 Å². The van der Waals surface area contributed by atoms with Crippen LogP contribution in [0.15, 0.2) is 39.1 Å². The number of carbonyl (C=O) groups excluding carboxylic acids is 2. The zero-order valence-corrected chi connectivity index (χ0v) is 19.8. The van der Waals surface area contributed by atoms with Gasteiger partial charge in [0.2, 0.25) is 0 Å². The summed E-state index contributed by atoms with van der Waals surface area (Å²) in [6.45, 7) is 1.67. The first-order valence-corrected chi connectivity index (χ1v) is 11.7. The number of carboxylic acid groups (broad SMARTS) is 1. The molecule has 0 radical (unpaired) electrons. The maximum absolute atomic E-state index is 13.1. The van der Waals surface area contributed by atoms with E-state index in [1.807, 2.05) is 20.0 Å². The maximum Gasteiger partial charge on any atom is 0.341 e. The molecule has 1 N–H and O–H groups in total. The number of rotatable bonds is 6. The van der Waals surface area contributed by atoms with Gasteiger partial charge in [0.1, 0.15) is 0 Å². The van der Waals surface area contributed by atoms with E-state index in [4.69, 9.17) is 14.6 Å². The third-order valence-electron chi connectivity index (χ3n) is 6.25. The number of aliphatic carboxylic acids is 1. The van der Waals surface area contributed by atoms with Crippen LogP contribution in [0.3, 0.4) is 0 Å². The molecule has 0 aromatic heterocycles. The summed E-state index contributed by atoms with van der Waals surface area (Å²) in [7, 11) is 1.96. The lowest BCUT2D eigenvalue weighted by Gasteiger charge is -2.42. The van der Waals surface area contributed by atoms with Crippen molar-refractivity contribution in [3.8, 4) is 11.5 Å². The molecule has 0 bridgehead atoms. The number of ketones is 2. The Morgan fingerprint density at radius 2 is 1.66 bits per heavy atom. The first-order chi connectivity index (χ1) is 15.3. The topological polar surface area (TPSA) is 93.1 Å². The largest absolute Gasteiger partial charge is 0.490 e. The first-order valence-electron chi connectivity index (χ1n) is 10.9. The van der Waals surface area contributed by atoms with Crippen molar-refractivity contribution in [2.45, 2.75) is 51.4 Å². The van der Waals surface area contributed by atoms with Crippen molar-refractivity contribution in [1.82, 2.24) is 4.90 Å². The van der Waals surface area contributed by atoms with E-state index < -0.39 is 18.5 Å². The van der Waals surface area contributed by atoms with Crippen LogP contribution in [0.25, 0.3) is 0 Å². The van der Waals surface area contributed by atoms with E-state index in [0.717, 1.165) is 42.6 Å². The summed E-state index contributed by atoms with van der Waals surface area (Å²) in [4.78, 5) is 39.3. The fraction of sp³-hybridized carbons (Fsp3) is 0.458. The van der Waals surface area contributed by atoms with Crippen LogP contribution in [0.5, 0.6) is 11.5 Å². The minimum absolute atomic E-state index is 0.0771. The second-order valence-electron chi connectivity index (χ2n) is 8.21. The van der Waals surface area contributed by atoms with Crippen molar-refractivity contribution >= 4 is 33.5 Å². The van der Waals surface area contributed by atoms with Gasteiger partial charge in [0.15, 0.2) is 29.7 Å². The normalized spacial score (nSPS) is 19.2. The second-order valence-corrected chi connectivity index (χ2v) is 9.07. The molecule has 2 aliphatic carbocycles. The average molecular weight is 504 g/mol. The van der Waals surface area contributed by atoms with Crippen molar-refractivity contribution in [3.63, 3.8) is 0 Å². The molecule has 8 heteroatoms. The molecule has 0 unspecified atom stereocenters. The molecule has 32 heavy (non-hydrogen) atoms. The summed E-state index contributed by atoms with van der Waals surface area (Å²) in [6, 6.07) is 3.59. The number of benzene rings is 1. The summed E-state index contributed by atoms with van der Waals surface area (Å²) in [5, 5.41) is 9.01. The number of carbonyl (C=O) groups is 3. The molecule has 0 saturated heterocycles. The summed E-state index contributed by atoms with van der Waals surface area (Å²) in [5.74, 6) is -0.724. The molecule has 4 rings (SSSR count). The Hall–Kier alpha value is -2.61. The van der Waals surface area contributed by atoms with Crippen LogP contribution < -0.4 is 9.47 Å². The number of hydrogen-bond donors (Lipinski definition) is 1. The Labute approximate surface area is 195 Å². The highest BCUT2D eigenvalue weighted by Crippen LogP contribution is 2.50. The van der Waals surface area contributed by atoms with Gasteiger partial charge in [0, 0.05) is 48.3 Å². The minimum Gasteiger partial charge on any atom is -0.490 e. The van der Waals surface area contributed by atoms with E-state index in [9.17, 15) is 14.4 Å². The number of hydrogen-bond acceptors (Lipinski definition) is 6. The lowest BCUT2D eigenvalue weighted by Crippen LogP contribution is -2.37. The fourth-order valence-electron chi connectivity index (χ4n) is 4.98. The van der Waals surface area contributed by atoms with E-state index in [1.165, 1.54) is 0 Å². The summed E-state index contributed by atoms with van der Waals surface area (Å²) in [5.41, 5.74) is 4.16. The maximum atomic E-state index is 13.1. The van der Waals surface area contributed by atoms with Gasteiger partial charge in [-0.15, -0.1) is 0 Å². The van der Waals surface area contributed by atoms with Gasteiger partial charge in [-0.05, 0) is 66.2 Å². The lowest BCUT2D eigenvalue weighted by atomic mass is 9.71. The number of nitrogens with zero attached hydrogens (tertiary/aromatic N) is 1. The SMILES string of the molecule is CCOc1cc(C2C3=C(CCCC3=O)N(C)C3=C2C(=O)CCC3)cc(Br)c1OCC(=O)O. The van der Waals surface area contributed by atoms with Crippen molar-refractivity contribution in [2.24, 2.45) is 0 Å². The molecule has 0 amide bonds. The Bertz CT molecular complexity index is 1010. The van der Waals surface area contributed by atoms with Crippen molar-refractivity contribution in [3.05, 3.63) is 44.7 Å². The third kappa shape index (κ3) is 3.96. The zero-order chi connectivity index (χ0) is 23.0. The van der Waals surface area contributed by atoms with E-state index >= 15 is 0 Å². The van der Waals surface area contributed by atoms with Crippen LogP contribution in [0.2, 0.25) is 0 Å². The summed E-state index contributed by atoms with van der Waals surface area (Å²) < 4.78 is 11.8. The molecule has 0 atom stereocenters. The summed E-state index contributed by atoms with van der Waals surface area (Å²) >= 11 is 3.49. The van der Waals surface area contributed by atoms with Crippen molar-refractivity contribution in [1.29, 1.82) is 0 Å². The van der Waals surface area contributed by atoms with Crippen LogP contribution >= 0.6 is 15.9 Å². The van der Waals surface area contributed by atoms with Crippen LogP contribution in [0.4, 0.5) is 0 Å². The minimum atomic E-state index is -1.09. The first kappa shape index (κ1) is 22.6. The molecule has 1 aliphatic heterocycles. The standard InChI is InChI=1S/C24H26BrNO6/c1-3-31-19-11-13(10-14(25)24(19)32-12-20(29)30)21-22-15(6-4-8-17(22)27)26(2)16-7-5-9-18(28)23(16)21/h10-11,21H,3-9,12H2,1-2H3,(H,29,30). The zero-order valence-electron chi connectivity index (χ0n) is 18.2. The second kappa shape index (κ2) is 9.10.